The van der Waals surface area contributed by atoms with E-state index >= 15 is 0 Å². The van der Waals surface area contributed by atoms with Gasteiger partial charge in [-0.15, -0.1) is 0 Å². The third-order valence-corrected chi connectivity index (χ3v) is 7.18. The van der Waals surface area contributed by atoms with Crippen LogP contribution in [0.3, 0.4) is 0 Å². The van der Waals surface area contributed by atoms with Crippen molar-refractivity contribution in [2.45, 2.75) is 31.7 Å². The maximum Gasteiger partial charge on any atom is 0.253 e. The second kappa shape index (κ2) is 5.99. The number of carbonyl (C=O) groups excluding carboxylic acids is 1. The lowest BCUT2D eigenvalue weighted by atomic mass is 9.98. The molecular weight excluding hydrogens is 338 g/mol. The van der Waals surface area contributed by atoms with Crippen LogP contribution in [0.1, 0.15) is 35.2 Å². The highest BCUT2D eigenvalue weighted by atomic mass is 32.2. The predicted molar refractivity (Wildman–Crippen MR) is 97.0 cm³/mol. The van der Waals surface area contributed by atoms with Gasteiger partial charge in [-0.1, -0.05) is 0 Å². The van der Waals surface area contributed by atoms with Gasteiger partial charge in [0, 0.05) is 31.2 Å². The van der Waals surface area contributed by atoms with Crippen molar-refractivity contribution in [1.82, 2.24) is 4.90 Å². The summed E-state index contributed by atoms with van der Waals surface area (Å²) < 4.78 is 25.4. The highest BCUT2D eigenvalue weighted by Gasteiger charge is 2.42. The molecule has 1 saturated carbocycles. The highest BCUT2D eigenvalue weighted by molar-refractivity contribution is 7.92. The number of nitrogens with two attached hydrogens (primary N) is 1. The molecule has 3 atom stereocenters. The quantitative estimate of drug-likeness (QED) is 0.856. The molecule has 4 rings (SSSR count). The summed E-state index contributed by atoms with van der Waals surface area (Å²) in [5.74, 6) is 1.01. The van der Waals surface area contributed by atoms with Crippen molar-refractivity contribution < 1.29 is 13.2 Å². The summed E-state index contributed by atoms with van der Waals surface area (Å²) in [6.07, 6.45) is 4.99. The number of benzene rings is 1. The summed E-state index contributed by atoms with van der Waals surface area (Å²) in [6, 6.07) is 5.64. The van der Waals surface area contributed by atoms with Gasteiger partial charge in [0.2, 0.25) is 10.0 Å². The van der Waals surface area contributed by atoms with E-state index in [1.807, 2.05) is 11.0 Å². The van der Waals surface area contributed by atoms with Crippen molar-refractivity contribution in [3.05, 3.63) is 29.3 Å². The molecule has 3 unspecified atom stereocenters. The van der Waals surface area contributed by atoms with E-state index in [1.165, 1.54) is 10.6 Å². The number of sulfonamides is 1. The third-order valence-electron chi connectivity index (χ3n) is 6.00. The lowest BCUT2D eigenvalue weighted by Gasteiger charge is -2.29. The molecule has 136 valence electrons. The molecule has 2 aliphatic heterocycles. The van der Waals surface area contributed by atoms with Crippen molar-refractivity contribution >= 4 is 21.6 Å². The monoisotopic (exact) mass is 363 g/mol. The Morgan fingerprint density at radius 1 is 1.24 bits per heavy atom. The van der Waals surface area contributed by atoms with Gasteiger partial charge in [0.25, 0.3) is 5.91 Å². The molecule has 0 aromatic heterocycles. The maximum atomic E-state index is 12.9. The average Bonchev–Trinajstić information content (AvgIpc) is 3.14. The van der Waals surface area contributed by atoms with E-state index in [0.717, 1.165) is 44.3 Å². The van der Waals surface area contributed by atoms with E-state index in [4.69, 9.17) is 5.73 Å². The first-order valence-corrected chi connectivity index (χ1v) is 10.8. The number of hydrogen-bond donors (Lipinski definition) is 1. The van der Waals surface area contributed by atoms with E-state index < -0.39 is 10.0 Å². The van der Waals surface area contributed by atoms with Gasteiger partial charge in [0.1, 0.15) is 0 Å². The smallest absolute Gasteiger partial charge is 0.253 e. The summed E-state index contributed by atoms with van der Waals surface area (Å²) in [5.41, 5.74) is 8.48. The zero-order chi connectivity index (χ0) is 17.8. The van der Waals surface area contributed by atoms with Crippen LogP contribution in [0.4, 0.5) is 5.69 Å². The molecule has 1 saturated heterocycles. The lowest BCUT2D eigenvalue weighted by molar-refractivity contribution is 0.0779. The largest absolute Gasteiger partial charge is 0.338 e. The van der Waals surface area contributed by atoms with Gasteiger partial charge >= 0.3 is 0 Å². The van der Waals surface area contributed by atoms with Crippen LogP contribution in [0, 0.1) is 11.8 Å². The molecule has 3 aliphatic rings. The van der Waals surface area contributed by atoms with Gasteiger partial charge in [-0.2, -0.15) is 0 Å². The number of anilines is 1. The molecule has 1 aliphatic carbocycles. The zero-order valence-electron chi connectivity index (χ0n) is 14.5. The van der Waals surface area contributed by atoms with Gasteiger partial charge in [-0.3, -0.25) is 9.10 Å². The number of aryl methyl sites for hydroxylation is 1. The van der Waals surface area contributed by atoms with Gasteiger partial charge in [-0.05, 0) is 61.3 Å². The van der Waals surface area contributed by atoms with Crippen LogP contribution in [0.2, 0.25) is 0 Å². The molecule has 0 radical (unpaired) electrons. The number of fused-ring (bicyclic) bond motifs is 2. The molecule has 1 amide bonds. The molecule has 7 heteroatoms. The van der Waals surface area contributed by atoms with Gasteiger partial charge in [0.05, 0.1) is 11.9 Å². The SMILES string of the molecule is CS(=O)(=O)N1CCCc2cc(C(=O)N3CC4CCC(N)C4C3)ccc21. The Kier molecular flexibility index (Phi) is 4.03. The number of likely N-dealkylation sites (tertiary alicyclic amines) is 1. The van der Waals surface area contributed by atoms with Crippen molar-refractivity contribution in [3.8, 4) is 0 Å². The van der Waals surface area contributed by atoms with Crippen LogP contribution in [-0.2, 0) is 16.4 Å². The predicted octanol–water partition coefficient (Wildman–Crippen LogP) is 1.21. The van der Waals surface area contributed by atoms with Crippen molar-refractivity contribution in [2.24, 2.45) is 17.6 Å². The highest BCUT2D eigenvalue weighted by Crippen LogP contribution is 2.38. The average molecular weight is 363 g/mol. The molecule has 0 bridgehead atoms. The molecule has 1 aromatic rings. The Morgan fingerprint density at radius 2 is 2.04 bits per heavy atom. The number of rotatable bonds is 2. The van der Waals surface area contributed by atoms with Crippen molar-refractivity contribution in [2.75, 3.05) is 30.2 Å². The van der Waals surface area contributed by atoms with Crippen LogP contribution in [0.15, 0.2) is 18.2 Å². The van der Waals surface area contributed by atoms with Crippen molar-refractivity contribution in [3.63, 3.8) is 0 Å². The Labute approximate surface area is 149 Å². The van der Waals surface area contributed by atoms with Crippen LogP contribution in [-0.4, -0.2) is 51.2 Å². The van der Waals surface area contributed by atoms with E-state index in [1.54, 1.807) is 12.1 Å². The van der Waals surface area contributed by atoms with Crippen LogP contribution in [0.5, 0.6) is 0 Å². The fourth-order valence-corrected chi connectivity index (χ4v) is 5.69. The van der Waals surface area contributed by atoms with E-state index in [2.05, 4.69) is 0 Å². The summed E-state index contributed by atoms with van der Waals surface area (Å²) in [4.78, 5) is 14.8. The fraction of sp³-hybridized carbons (Fsp3) is 0.611. The van der Waals surface area contributed by atoms with Crippen LogP contribution >= 0.6 is 0 Å². The van der Waals surface area contributed by atoms with E-state index in [-0.39, 0.29) is 11.9 Å². The minimum Gasteiger partial charge on any atom is -0.338 e. The standard InChI is InChI=1S/C18H25N3O3S/c1-25(23,24)21-8-2-3-12-9-13(5-7-17(12)21)18(22)20-10-14-4-6-16(19)15(14)11-20/h5,7,9,14-16H,2-4,6,8,10-11,19H2,1H3. The van der Waals surface area contributed by atoms with Crippen molar-refractivity contribution in [1.29, 1.82) is 0 Å². The molecule has 1 aromatic carbocycles. The zero-order valence-corrected chi connectivity index (χ0v) is 15.3. The minimum atomic E-state index is -3.28. The molecule has 2 N–H and O–H groups in total. The van der Waals surface area contributed by atoms with E-state index in [9.17, 15) is 13.2 Å². The molecule has 2 fully saturated rings. The summed E-state index contributed by atoms with van der Waals surface area (Å²) >= 11 is 0. The second-order valence-electron chi connectivity index (χ2n) is 7.66. The van der Waals surface area contributed by atoms with Gasteiger partial charge in [0.15, 0.2) is 0 Å². The first kappa shape index (κ1) is 16.8. The molecule has 2 heterocycles. The summed E-state index contributed by atoms with van der Waals surface area (Å²) in [5, 5.41) is 0. The third kappa shape index (κ3) is 2.93. The van der Waals surface area contributed by atoms with Gasteiger partial charge < -0.3 is 10.6 Å². The fourth-order valence-electron chi connectivity index (χ4n) is 4.70. The second-order valence-corrected chi connectivity index (χ2v) is 9.56. The van der Waals surface area contributed by atoms with Crippen LogP contribution < -0.4 is 10.0 Å². The number of hydrogen-bond acceptors (Lipinski definition) is 4. The lowest BCUT2D eigenvalue weighted by Crippen LogP contribution is -2.35. The first-order chi connectivity index (χ1) is 11.8. The first-order valence-electron chi connectivity index (χ1n) is 9.00. The molecule has 6 nitrogen and oxygen atoms in total. The normalized spacial score (nSPS) is 28.8. The number of amides is 1. The topological polar surface area (TPSA) is 83.7 Å². The molecular formula is C18H25N3O3S. The van der Waals surface area contributed by atoms with Crippen LogP contribution in [0.25, 0.3) is 0 Å². The van der Waals surface area contributed by atoms with E-state index in [0.29, 0.717) is 29.6 Å². The maximum absolute atomic E-state index is 12.9. The Morgan fingerprint density at radius 3 is 2.76 bits per heavy atom. The molecule has 25 heavy (non-hydrogen) atoms. The van der Waals surface area contributed by atoms with Gasteiger partial charge in [-0.25, -0.2) is 8.42 Å². The number of nitrogens with zero attached hydrogens (tertiary/aromatic N) is 2. The minimum absolute atomic E-state index is 0.0425. The number of carbonyl (C=O) groups is 1. The summed E-state index contributed by atoms with van der Waals surface area (Å²) in [6.45, 7) is 2.05. The molecule has 0 spiro atoms. The Bertz CT molecular complexity index is 808. The Hall–Kier alpha value is -1.60. The Balaban J connectivity index is 1.57. The summed E-state index contributed by atoms with van der Waals surface area (Å²) in [7, 11) is -3.28.